The van der Waals surface area contributed by atoms with Crippen LogP contribution in [0, 0.1) is 13.8 Å². The van der Waals surface area contributed by atoms with Crippen molar-refractivity contribution in [1.29, 1.82) is 0 Å². The second kappa shape index (κ2) is 7.88. The first-order chi connectivity index (χ1) is 12.5. The van der Waals surface area contributed by atoms with Gasteiger partial charge in [-0.1, -0.05) is 48.2 Å². The monoisotopic (exact) mass is 390 g/mol. The first-order valence-corrected chi connectivity index (χ1v) is 10.5. The summed E-state index contributed by atoms with van der Waals surface area (Å²) in [5, 5.41) is 12.3. The molecule has 0 aliphatic heterocycles. The molecule has 0 N–H and O–H groups in total. The van der Waals surface area contributed by atoms with Crippen LogP contribution < -0.4 is 4.18 Å². The number of benzene rings is 2. The van der Waals surface area contributed by atoms with Crippen LogP contribution in [-0.2, 0) is 10.1 Å². The zero-order chi connectivity index (χ0) is 18.6. The van der Waals surface area contributed by atoms with Crippen molar-refractivity contribution in [2.24, 2.45) is 0 Å². The quantitative estimate of drug-likeness (QED) is 0.453. The number of rotatable bonds is 7. The Morgan fingerprint density at radius 3 is 2.42 bits per heavy atom. The highest BCUT2D eigenvalue weighted by molar-refractivity contribution is 8.00. The maximum atomic E-state index is 12.1. The van der Waals surface area contributed by atoms with Crippen molar-refractivity contribution in [3.8, 4) is 11.4 Å². The first-order valence-electron chi connectivity index (χ1n) is 7.91. The molecule has 0 fully saturated rings. The number of nitrogens with zero attached hydrogens (tertiary/aromatic N) is 4. The molecule has 26 heavy (non-hydrogen) atoms. The Morgan fingerprint density at radius 2 is 1.73 bits per heavy atom. The highest BCUT2D eigenvalue weighted by Gasteiger charge is 2.17. The molecule has 9 heteroatoms. The van der Waals surface area contributed by atoms with Gasteiger partial charge in [0.05, 0.1) is 11.4 Å². The minimum atomic E-state index is -3.68. The number of thioether (sulfide) groups is 1. The lowest BCUT2D eigenvalue weighted by molar-refractivity contribution is 0.488. The van der Waals surface area contributed by atoms with Gasteiger partial charge in [-0.15, -0.1) is 5.10 Å². The van der Waals surface area contributed by atoms with E-state index in [-0.39, 0.29) is 11.5 Å². The van der Waals surface area contributed by atoms with E-state index in [9.17, 15) is 8.42 Å². The van der Waals surface area contributed by atoms with Crippen LogP contribution in [0.4, 0.5) is 0 Å². The molecule has 0 atom stereocenters. The molecule has 0 bridgehead atoms. The molecule has 1 heterocycles. The molecule has 0 aliphatic rings. The number of tetrazole rings is 1. The molecule has 0 amide bonds. The maximum absolute atomic E-state index is 12.1. The summed E-state index contributed by atoms with van der Waals surface area (Å²) in [7, 11) is -3.68. The van der Waals surface area contributed by atoms with Gasteiger partial charge in [0, 0.05) is 5.75 Å². The number of aromatic nitrogens is 4. The largest absolute Gasteiger partial charge is 0.382 e. The summed E-state index contributed by atoms with van der Waals surface area (Å²) in [6, 6.07) is 14.4. The second-order valence-electron chi connectivity index (χ2n) is 5.62. The van der Waals surface area contributed by atoms with E-state index in [1.165, 1.54) is 11.8 Å². The molecule has 3 aromatic rings. The topological polar surface area (TPSA) is 87.0 Å². The Hall–Kier alpha value is -2.39. The molecule has 2 aromatic carbocycles. The number of hydrogen-bond acceptors (Lipinski definition) is 7. The highest BCUT2D eigenvalue weighted by Crippen LogP contribution is 2.23. The van der Waals surface area contributed by atoms with E-state index < -0.39 is 10.1 Å². The van der Waals surface area contributed by atoms with Crippen LogP contribution >= 0.6 is 11.8 Å². The Bertz CT molecular complexity index is 968. The molecule has 7 nitrogen and oxygen atoms in total. The van der Waals surface area contributed by atoms with Gasteiger partial charge in [-0.05, 0) is 47.5 Å². The van der Waals surface area contributed by atoms with Crippen LogP contribution in [0.15, 0.2) is 53.7 Å². The predicted octanol–water partition coefficient (Wildman–Crippen LogP) is 2.78. The van der Waals surface area contributed by atoms with E-state index in [1.807, 2.05) is 32.0 Å². The van der Waals surface area contributed by atoms with Crippen LogP contribution in [0.1, 0.15) is 11.1 Å². The Balaban J connectivity index is 1.67. The minimum absolute atomic E-state index is 0.147. The summed E-state index contributed by atoms with van der Waals surface area (Å²) in [6.07, 6.45) is 0. The van der Waals surface area contributed by atoms with E-state index in [2.05, 4.69) is 15.5 Å². The SMILES string of the molecule is Cc1cccc(C)c1-n1nnnc1SCCS(=O)(=O)Oc1ccccc1. The lowest BCUT2D eigenvalue weighted by atomic mass is 10.1. The van der Waals surface area contributed by atoms with Gasteiger partial charge in [0.25, 0.3) is 0 Å². The summed E-state index contributed by atoms with van der Waals surface area (Å²) in [5.41, 5.74) is 2.99. The fourth-order valence-electron chi connectivity index (χ4n) is 2.45. The van der Waals surface area contributed by atoms with Gasteiger partial charge in [0.1, 0.15) is 5.75 Å². The van der Waals surface area contributed by atoms with E-state index in [0.29, 0.717) is 10.9 Å². The zero-order valence-electron chi connectivity index (χ0n) is 14.4. The van der Waals surface area contributed by atoms with E-state index in [4.69, 9.17) is 4.18 Å². The maximum Gasteiger partial charge on any atom is 0.310 e. The number of hydrogen-bond donors (Lipinski definition) is 0. The molecule has 1 aromatic heterocycles. The van der Waals surface area contributed by atoms with Crippen molar-refractivity contribution in [2.45, 2.75) is 19.0 Å². The minimum Gasteiger partial charge on any atom is -0.382 e. The van der Waals surface area contributed by atoms with Gasteiger partial charge in [-0.25, -0.2) is 0 Å². The second-order valence-corrected chi connectivity index (χ2v) is 8.37. The van der Waals surface area contributed by atoms with Crippen LogP contribution in [-0.4, -0.2) is 40.1 Å². The third-order valence-electron chi connectivity index (χ3n) is 3.62. The average Bonchev–Trinajstić information content (AvgIpc) is 3.03. The van der Waals surface area contributed by atoms with Crippen molar-refractivity contribution in [1.82, 2.24) is 20.2 Å². The van der Waals surface area contributed by atoms with Gasteiger partial charge < -0.3 is 4.18 Å². The van der Waals surface area contributed by atoms with Crippen molar-refractivity contribution in [3.63, 3.8) is 0 Å². The molecule has 0 saturated carbocycles. The van der Waals surface area contributed by atoms with Crippen LogP contribution in [0.2, 0.25) is 0 Å². The fraction of sp³-hybridized carbons (Fsp3) is 0.235. The lowest BCUT2D eigenvalue weighted by Crippen LogP contribution is -2.15. The lowest BCUT2D eigenvalue weighted by Gasteiger charge is -2.10. The predicted molar refractivity (Wildman–Crippen MR) is 100 cm³/mol. The van der Waals surface area contributed by atoms with Gasteiger partial charge >= 0.3 is 10.1 Å². The van der Waals surface area contributed by atoms with Crippen LogP contribution in [0.3, 0.4) is 0 Å². The van der Waals surface area contributed by atoms with Gasteiger partial charge in [0.15, 0.2) is 0 Å². The molecule has 3 rings (SSSR count). The fourth-order valence-corrected chi connectivity index (χ4v) is 4.61. The average molecular weight is 390 g/mol. The van der Waals surface area contributed by atoms with Gasteiger partial charge in [-0.2, -0.15) is 13.1 Å². The van der Waals surface area contributed by atoms with Crippen molar-refractivity contribution in [2.75, 3.05) is 11.5 Å². The van der Waals surface area contributed by atoms with Crippen molar-refractivity contribution in [3.05, 3.63) is 59.7 Å². The number of para-hydroxylation sites is 2. The van der Waals surface area contributed by atoms with E-state index in [0.717, 1.165) is 16.8 Å². The molecule has 0 spiro atoms. The molecule has 0 unspecified atom stereocenters. The third-order valence-corrected chi connectivity index (χ3v) is 5.95. The molecule has 0 aliphatic carbocycles. The smallest absolute Gasteiger partial charge is 0.310 e. The summed E-state index contributed by atoms with van der Waals surface area (Å²) in [4.78, 5) is 0. The molecule has 0 saturated heterocycles. The Labute approximate surface area is 156 Å². The van der Waals surface area contributed by atoms with Crippen molar-refractivity contribution >= 4 is 21.9 Å². The van der Waals surface area contributed by atoms with E-state index in [1.54, 1.807) is 35.0 Å². The summed E-state index contributed by atoms with van der Waals surface area (Å²) in [5.74, 6) is 0.435. The summed E-state index contributed by atoms with van der Waals surface area (Å²) >= 11 is 1.27. The van der Waals surface area contributed by atoms with Crippen LogP contribution in [0.5, 0.6) is 5.75 Å². The third kappa shape index (κ3) is 4.41. The van der Waals surface area contributed by atoms with Crippen LogP contribution in [0.25, 0.3) is 5.69 Å². The normalized spacial score (nSPS) is 11.5. The van der Waals surface area contributed by atoms with E-state index >= 15 is 0 Å². The first kappa shape index (κ1) is 18.4. The molecular formula is C17H18N4O3S2. The highest BCUT2D eigenvalue weighted by atomic mass is 32.2. The van der Waals surface area contributed by atoms with Gasteiger partial charge in [0.2, 0.25) is 5.16 Å². The van der Waals surface area contributed by atoms with Crippen molar-refractivity contribution < 1.29 is 12.6 Å². The zero-order valence-corrected chi connectivity index (χ0v) is 16.0. The molecular weight excluding hydrogens is 372 g/mol. The number of aryl methyl sites for hydroxylation is 2. The standard InChI is InChI=1S/C17H18N4O3S2/c1-13-7-6-8-14(2)16(13)21-17(18-19-20-21)25-11-12-26(22,23)24-15-9-4-3-5-10-15/h3-10H,11-12H2,1-2H3. The summed E-state index contributed by atoms with van der Waals surface area (Å²) < 4.78 is 30.9. The van der Waals surface area contributed by atoms with Gasteiger partial charge in [-0.3, -0.25) is 0 Å². The summed E-state index contributed by atoms with van der Waals surface area (Å²) in [6.45, 7) is 3.97. The Morgan fingerprint density at radius 1 is 1.04 bits per heavy atom. The molecule has 0 radical (unpaired) electrons. The Kier molecular flexibility index (Phi) is 5.58. The molecule has 136 valence electrons.